The summed E-state index contributed by atoms with van der Waals surface area (Å²) >= 11 is 3.42. The van der Waals surface area contributed by atoms with E-state index in [1.807, 2.05) is 18.3 Å². The topological polar surface area (TPSA) is 43.8 Å². The molecule has 0 bridgehead atoms. The molecule has 3 nitrogen and oxygen atoms in total. The van der Waals surface area contributed by atoms with Gasteiger partial charge in [0.05, 0.1) is 0 Å². The number of halogens is 1. The van der Waals surface area contributed by atoms with Crippen molar-refractivity contribution in [2.45, 2.75) is 32.2 Å². The minimum atomic E-state index is 0.184. The first-order valence-electron chi connectivity index (χ1n) is 6.25. The highest BCUT2D eigenvalue weighted by Gasteiger charge is 2.22. The van der Waals surface area contributed by atoms with E-state index in [0.717, 1.165) is 29.6 Å². The molecule has 0 fully saturated rings. The third kappa shape index (κ3) is 1.89. The third-order valence-corrected chi connectivity index (χ3v) is 4.06. The highest BCUT2D eigenvalue weighted by atomic mass is 79.9. The molecular formula is C14H16BrN3. The molecule has 1 aliphatic carbocycles. The van der Waals surface area contributed by atoms with Gasteiger partial charge >= 0.3 is 0 Å². The number of nitrogens with two attached hydrogens (primary N) is 1. The molecule has 0 aliphatic heterocycles. The van der Waals surface area contributed by atoms with Crippen molar-refractivity contribution in [3.05, 3.63) is 45.8 Å². The van der Waals surface area contributed by atoms with Crippen LogP contribution in [0.1, 0.15) is 35.8 Å². The Bertz CT molecular complexity index is 571. The van der Waals surface area contributed by atoms with Crippen LogP contribution in [0.4, 0.5) is 0 Å². The summed E-state index contributed by atoms with van der Waals surface area (Å²) in [7, 11) is 0. The molecule has 0 saturated heterocycles. The molecule has 2 aromatic heterocycles. The number of nitrogens with zero attached hydrogens (tertiary/aromatic N) is 2. The third-order valence-electron chi connectivity index (χ3n) is 3.59. The summed E-state index contributed by atoms with van der Waals surface area (Å²) in [6.45, 7) is 2.12. The zero-order valence-electron chi connectivity index (χ0n) is 10.4. The summed E-state index contributed by atoms with van der Waals surface area (Å²) in [4.78, 5) is 4.49. The molecular weight excluding hydrogens is 290 g/mol. The van der Waals surface area contributed by atoms with E-state index in [4.69, 9.17) is 5.73 Å². The molecule has 0 amide bonds. The first-order valence-corrected chi connectivity index (χ1v) is 7.05. The molecule has 2 heterocycles. The molecule has 0 radical (unpaired) electrons. The Labute approximate surface area is 115 Å². The van der Waals surface area contributed by atoms with E-state index < -0.39 is 0 Å². The molecule has 3 rings (SSSR count). The number of pyridine rings is 1. The van der Waals surface area contributed by atoms with Crippen LogP contribution in [-0.2, 0) is 6.42 Å². The fourth-order valence-corrected chi connectivity index (χ4v) is 2.99. The zero-order valence-corrected chi connectivity index (χ0v) is 11.9. The molecule has 1 unspecified atom stereocenters. The number of hydrogen-bond acceptors (Lipinski definition) is 2. The maximum Gasteiger partial charge on any atom is 0.137 e. The van der Waals surface area contributed by atoms with Crippen LogP contribution in [0.2, 0.25) is 0 Å². The van der Waals surface area contributed by atoms with Gasteiger partial charge in [0.15, 0.2) is 0 Å². The van der Waals surface area contributed by atoms with Crippen molar-refractivity contribution < 1.29 is 0 Å². The van der Waals surface area contributed by atoms with E-state index in [0.29, 0.717) is 0 Å². The van der Waals surface area contributed by atoms with Crippen molar-refractivity contribution in [1.29, 1.82) is 0 Å². The van der Waals surface area contributed by atoms with Crippen LogP contribution in [-0.4, -0.2) is 9.55 Å². The lowest BCUT2D eigenvalue weighted by Crippen LogP contribution is -2.18. The van der Waals surface area contributed by atoms with Gasteiger partial charge in [-0.05, 0) is 65.9 Å². The van der Waals surface area contributed by atoms with Gasteiger partial charge in [0.2, 0.25) is 0 Å². The summed E-state index contributed by atoms with van der Waals surface area (Å²) in [5.74, 6) is 0.978. The van der Waals surface area contributed by atoms with Crippen molar-refractivity contribution in [3.63, 3.8) is 0 Å². The molecule has 4 heteroatoms. The fourth-order valence-electron chi connectivity index (χ4n) is 2.76. The minimum absolute atomic E-state index is 0.184. The Morgan fingerprint density at radius 2 is 2.28 bits per heavy atom. The number of rotatable bonds is 1. The van der Waals surface area contributed by atoms with E-state index in [1.54, 1.807) is 0 Å². The lowest BCUT2D eigenvalue weighted by Gasteiger charge is -2.20. The van der Waals surface area contributed by atoms with Crippen molar-refractivity contribution in [3.8, 4) is 5.82 Å². The Morgan fingerprint density at radius 1 is 1.44 bits per heavy atom. The normalized spacial score (nSPS) is 18.7. The molecule has 2 N–H and O–H groups in total. The van der Waals surface area contributed by atoms with Gasteiger partial charge in [-0.3, -0.25) is 0 Å². The average Bonchev–Trinajstić information content (AvgIpc) is 2.69. The minimum Gasteiger partial charge on any atom is -0.324 e. The molecule has 0 spiro atoms. The molecule has 1 aliphatic rings. The Balaban J connectivity index is 2.15. The molecule has 0 aromatic carbocycles. The van der Waals surface area contributed by atoms with Gasteiger partial charge in [-0.15, -0.1) is 0 Å². The van der Waals surface area contributed by atoms with E-state index in [2.05, 4.69) is 38.5 Å². The van der Waals surface area contributed by atoms with Crippen LogP contribution < -0.4 is 5.73 Å². The predicted molar refractivity (Wildman–Crippen MR) is 75.9 cm³/mol. The standard InChI is InChI=1S/C14H16BrN3/c1-9-7-11-12(16)3-2-4-13(11)18(9)14-6-5-10(15)8-17-14/h5-8,12H,2-4,16H2,1H3. The van der Waals surface area contributed by atoms with E-state index in [9.17, 15) is 0 Å². The second-order valence-corrected chi connectivity index (χ2v) is 5.77. The maximum atomic E-state index is 6.19. The van der Waals surface area contributed by atoms with Gasteiger partial charge in [0.25, 0.3) is 0 Å². The highest BCUT2D eigenvalue weighted by molar-refractivity contribution is 9.10. The smallest absolute Gasteiger partial charge is 0.137 e. The molecule has 18 heavy (non-hydrogen) atoms. The lowest BCUT2D eigenvalue weighted by atomic mass is 9.93. The van der Waals surface area contributed by atoms with Crippen LogP contribution in [0.15, 0.2) is 28.9 Å². The van der Waals surface area contributed by atoms with Crippen LogP contribution in [0.3, 0.4) is 0 Å². The van der Waals surface area contributed by atoms with Gasteiger partial charge in [-0.2, -0.15) is 0 Å². The Morgan fingerprint density at radius 3 is 3.00 bits per heavy atom. The van der Waals surface area contributed by atoms with Crippen molar-refractivity contribution >= 4 is 15.9 Å². The first kappa shape index (κ1) is 11.9. The summed E-state index contributed by atoms with van der Waals surface area (Å²) in [5, 5.41) is 0. The van der Waals surface area contributed by atoms with Crippen LogP contribution in [0, 0.1) is 6.92 Å². The van der Waals surface area contributed by atoms with E-state index in [1.165, 1.54) is 17.0 Å². The highest BCUT2D eigenvalue weighted by Crippen LogP contribution is 2.32. The van der Waals surface area contributed by atoms with Crippen molar-refractivity contribution in [2.24, 2.45) is 5.73 Å². The summed E-state index contributed by atoms with van der Waals surface area (Å²) in [6, 6.07) is 6.46. The van der Waals surface area contributed by atoms with Gasteiger partial charge in [-0.25, -0.2) is 4.98 Å². The number of fused-ring (bicyclic) bond motifs is 1. The lowest BCUT2D eigenvalue weighted by molar-refractivity contribution is 0.559. The quantitative estimate of drug-likeness (QED) is 0.878. The molecule has 1 atom stereocenters. The van der Waals surface area contributed by atoms with Crippen molar-refractivity contribution in [2.75, 3.05) is 0 Å². The van der Waals surface area contributed by atoms with Crippen LogP contribution >= 0.6 is 15.9 Å². The number of hydrogen-bond donors (Lipinski definition) is 1. The Hall–Kier alpha value is -1.13. The fraction of sp³-hybridized carbons (Fsp3) is 0.357. The second-order valence-electron chi connectivity index (χ2n) is 4.86. The second kappa shape index (κ2) is 4.52. The van der Waals surface area contributed by atoms with E-state index >= 15 is 0 Å². The number of aryl methyl sites for hydroxylation is 1. The van der Waals surface area contributed by atoms with Crippen LogP contribution in [0.5, 0.6) is 0 Å². The monoisotopic (exact) mass is 305 g/mol. The summed E-state index contributed by atoms with van der Waals surface area (Å²) in [5.41, 5.74) is 10.0. The average molecular weight is 306 g/mol. The zero-order chi connectivity index (χ0) is 12.7. The number of aromatic nitrogens is 2. The van der Waals surface area contributed by atoms with Crippen molar-refractivity contribution in [1.82, 2.24) is 9.55 Å². The first-order chi connectivity index (χ1) is 8.66. The Kier molecular flexibility index (Phi) is 2.99. The van der Waals surface area contributed by atoms with Gasteiger partial charge in [0.1, 0.15) is 5.82 Å². The SMILES string of the molecule is Cc1cc2c(n1-c1ccc(Br)cn1)CCCC2N. The summed E-state index contributed by atoms with van der Waals surface area (Å²) in [6.07, 6.45) is 5.18. The van der Waals surface area contributed by atoms with Crippen LogP contribution in [0.25, 0.3) is 5.82 Å². The van der Waals surface area contributed by atoms with Gasteiger partial charge in [0, 0.05) is 28.1 Å². The largest absolute Gasteiger partial charge is 0.324 e. The van der Waals surface area contributed by atoms with Gasteiger partial charge in [-0.1, -0.05) is 0 Å². The molecule has 2 aromatic rings. The maximum absolute atomic E-state index is 6.19. The molecule has 0 saturated carbocycles. The predicted octanol–water partition coefficient (Wildman–Crippen LogP) is 3.28. The van der Waals surface area contributed by atoms with E-state index in [-0.39, 0.29) is 6.04 Å². The summed E-state index contributed by atoms with van der Waals surface area (Å²) < 4.78 is 3.24. The molecule has 94 valence electrons. The van der Waals surface area contributed by atoms with Gasteiger partial charge < -0.3 is 10.3 Å².